The van der Waals surface area contributed by atoms with Gasteiger partial charge in [0.25, 0.3) is 0 Å². The van der Waals surface area contributed by atoms with Crippen molar-refractivity contribution in [2.24, 2.45) is 20.5 Å². The third-order valence-electron chi connectivity index (χ3n) is 8.54. The zero-order chi connectivity index (χ0) is 38.0. The van der Waals surface area contributed by atoms with E-state index in [1.54, 1.807) is 109 Å². The molecular formula is C40H26BaN4O8S2. The zero-order valence-corrected chi connectivity index (χ0v) is 34.6. The maximum Gasteiger partial charge on any atom is 2.00 e. The van der Waals surface area contributed by atoms with Gasteiger partial charge in [-0.1, -0.05) is 109 Å². The molecule has 8 aromatic carbocycles. The van der Waals surface area contributed by atoms with Gasteiger partial charge < -0.3 is 19.3 Å². The van der Waals surface area contributed by atoms with E-state index in [0.29, 0.717) is 43.7 Å². The Kier molecular flexibility index (Phi) is 11.8. The molecule has 0 atom stereocenters. The number of rotatable bonds is 6. The van der Waals surface area contributed by atoms with Gasteiger partial charge in [-0.2, -0.15) is 0 Å². The number of aromatic hydroxyl groups is 2. The van der Waals surface area contributed by atoms with Crippen LogP contribution >= 0.6 is 0 Å². The number of hydrogen-bond donors (Lipinski definition) is 2. The van der Waals surface area contributed by atoms with Crippen LogP contribution in [0, 0.1) is 0 Å². The maximum absolute atomic E-state index is 11.7. The van der Waals surface area contributed by atoms with Gasteiger partial charge in [0, 0.05) is 32.3 Å². The molecule has 2 N–H and O–H groups in total. The maximum atomic E-state index is 11.7. The summed E-state index contributed by atoms with van der Waals surface area (Å²) in [7, 11) is -9.44. The smallest absolute Gasteiger partial charge is 0.744 e. The van der Waals surface area contributed by atoms with Gasteiger partial charge in [0.05, 0.1) is 21.2 Å². The van der Waals surface area contributed by atoms with E-state index in [4.69, 9.17) is 0 Å². The molecule has 0 aliphatic heterocycles. The summed E-state index contributed by atoms with van der Waals surface area (Å²) in [5.41, 5.74) is 0.900. The molecule has 0 amide bonds. The molecule has 0 spiro atoms. The van der Waals surface area contributed by atoms with Crippen LogP contribution in [0.25, 0.3) is 43.1 Å². The fourth-order valence-electron chi connectivity index (χ4n) is 6.00. The summed E-state index contributed by atoms with van der Waals surface area (Å²) in [5, 5.41) is 41.6. The van der Waals surface area contributed by atoms with Crippen molar-refractivity contribution in [1.29, 1.82) is 0 Å². The Hall–Kier alpha value is -5.01. The summed E-state index contributed by atoms with van der Waals surface area (Å²) in [6.45, 7) is 0. The van der Waals surface area contributed by atoms with Crippen LogP contribution in [0.5, 0.6) is 11.5 Å². The first kappa shape index (κ1) is 39.7. The SMILES string of the molecule is O=S(=O)([O-])c1ccc2ccccc2c1N=Nc1ccc(O)c2ccccc12.O=S(=O)([O-])c1ccc2ccccc2c1N=Nc1ccc(O)c2ccccc12.[Ba+2]. The Labute approximate surface area is 355 Å². The number of benzene rings is 8. The molecule has 8 aromatic rings. The fraction of sp³-hybridized carbons (Fsp3) is 0. The Morgan fingerprint density at radius 2 is 0.709 bits per heavy atom. The summed E-state index contributed by atoms with van der Waals surface area (Å²) in [6.07, 6.45) is 0. The third-order valence-corrected chi connectivity index (χ3v) is 10.3. The van der Waals surface area contributed by atoms with Crippen LogP contribution < -0.4 is 0 Å². The van der Waals surface area contributed by atoms with Gasteiger partial charge in [0.1, 0.15) is 43.1 Å². The zero-order valence-electron chi connectivity index (χ0n) is 28.5. The molecule has 0 radical (unpaired) electrons. The number of fused-ring (bicyclic) bond motifs is 4. The molecule has 0 fully saturated rings. The van der Waals surface area contributed by atoms with Crippen molar-refractivity contribution in [3.05, 3.63) is 146 Å². The average molecular weight is 892 g/mol. The number of phenols is 2. The normalized spacial score (nSPS) is 12.0. The Bertz CT molecular complexity index is 2840. The molecule has 15 heteroatoms. The van der Waals surface area contributed by atoms with Crippen molar-refractivity contribution in [2.45, 2.75) is 9.79 Å². The van der Waals surface area contributed by atoms with Gasteiger partial charge in [0.2, 0.25) is 0 Å². The van der Waals surface area contributed by atoms with E-state index in [0.717, 1.165) is 10.8 Å². The van der Waals surface area contributed by atoms with Gasteiger partial charge in [-0.15, -0.1) is 20.5 Å². The van der Waals surface area contributed by atoms with Crippen LogP contribution in [0.4, 0.5) is 22.7 Å². The molecule has 8 rings (SSSR count). The number of nitrogens with zero attached hydrogens (tertiary/aromatic N) is 4. The first-order valence-electron chi connectivity index (χ1n) is 16.1. The molecular weight excluding hydrogens is 866 g/mol. The predicted molar refractivity (Wildman–Crippen MR) is 209 cm³/mol. The second-order valence-electron chi connectivity index (χ2n) is 11.9. The van der Waals surface area contributed by atoms with Gasteiger partial charge >= 0.3 is 48.9 Å². The second kappa shape index (κ2) is 16.4. The summed E-state index contributed by atoms with van der Waals surface area (Å²) in [6, 6.07) is 40.0. The molecule has 0 aliphatic rings. The molecule has 0 aromatic heterocycles. The van der Waals surface area contributed by atoms with Crippen molar-refractivity contribution in [1.82, 2.24) is 0 Å². The molecule has 268 valence electrons. The van der Waals surface area contributed by atoms with Crippen LogP contribution in [-0.2, 0) is 20.2 Å². The van der Waals surface area contributed by atoms with Gasteiger partial charge in [0.15, 0.2) is 0 Å². The monoisotopic (exact) mass is 892 g/mol. The minimum absolute atomic E-state index is 0. The summed E-state index contributed by atoms with van der Waals surface area (Å²) in [4.78, 5) is -0.846. The molecule has 0 aliphatic carbocycles. The third kappa shape index (κ3) is 8.47. The summed E-state index contributed by atoms with van der Waals surface area (Å²) in [5.74, 6) is 0.218. The standard InChI is InChI=1S/2C20H14N2O4S.Ba/c2*23-18-11-10-17(15-7-3-4-8-16(15)18)21-22-20-14-6-2-1-5-13(14)9-12-19(20)27(24,25)26;/h2*1-12,23H,(H,24,25,26);/q;;+2/p-2. The van der Waals surface area contributed by atoms with E-state index >= 15 is 0 Å². The Balaban J connectivity index is 0.000000184. The van der Waals surface area contributed by atoms with E-state index < -0.39 is 30.0 Å². The van der Waals surface area contributed by atoms with Crippen LogP contribution in [0.2, 0.25) is 0 Å². The predicted octanol–water partition coefficient (Wildman–Crippen LogP) is 9.66. The van der Waals surface area contributed by atoms with Crippen molar-refractivity contribution >= 4 is 135 Å². The topological polar surface area (TPSA) is 204 Å². The quantitative estimate of drug-likeness (QED) is 0.0932. The van der Waals surface area contributed by atoms with E-state index in [-0.39, 0.29) is 71.8 Å². The second-order valence-corrected chi connectivity index (χ2v) is 14.6. The molecule has 0 unspecified atom stereocenters. The molecule has 0 saturated carbocycles. The van der Waals surface area contributed by atoms with Crippen LogP contribution in [0.15, 0.2) is 176 Å². The molecule has 0 heterocycles. The van der Waals surface area contributed by atoms with Crippen molar-refractivity contribution in [3.8, 4) is 11.5 Å². The minimum atomic E-state index is -4.72. The molecule has 12 nitrogen and oxygen atoms in total. The fourth-order valence-corrected chi connectivity index (χ4v) is 7.24. The first-order chi connectivity index (χ1) is 25.9. The molecule has 0 bridgehead atoms. The van der Waals surface area contributed by atoms with Gasteiger partial charge in [-0.25, -0.2) is 16.8 Å². The summed E-state index contributed by atoms with van der Waals surface area (Å²) >= 11 is 0. The minimum Gasteiger partial charge on any atom is -0.744 e. The average Bonchev–Trinajstić information content (AvgIpc) is 3.17. The Morgan fingerprint density at radius 1 is 0.382 bits per heavy atom. The van der Waals surface area contributed by atoms with Crippen LogP contribution in [0.3, 0.4) is 0 Å². The number of phenolic OH excluding ortho intramolecular Hbond substituents is 2. The molecule has 55 heavy (non-hydrogen) atoms. The van der Waals surface area contributed by atoms with E-state index in [2.05, 4.69) is 20.5 Å². The van der Waals surface area contributed by atoms with Crippen molar-refractivity contribution in [3.63, 3.8) is 0 Å². The first-order valence-corrected chi connectivity index (χ1v) is 18.9. The van der Waals surface area contributed by atoms with Gasteiger partial charge in [-0.05, 0) is 47.2 Å². The van der Waals surface area contributed by atoms with E-state index in [1.165, 1.54) is 24.3 Å². The van der Waals surface area contributed by atoms with Gasteiger partial charge in [-0.3, -0.25) is 0 Å². The van der Waals surface area contributed by atoms with Crippen LogP contribution in [-0.4, -0.2) is 85.0 Å². The molecule has 0 saturated heterocycles. The summed E-state index contributed by atoms with van der Waals surface area (Å²) < 4.78 is 70.1. The number of azo groups is 2. The largest absolute Gasteiger partial charge is 2.00 e. The van der Waals surface area contributed by atoms with Crippen molar-refractivity contribution in [2.75, 3.05) is 0 Å². The Morgan fingerprint density at radius 3 is 1.07 bits per heavy atom. The number of hydrogen-bond acceptors (Lipinski definition) is 12. The van der Waals surface area contributed by atoms with Crippen LogP contribution in [0.1, 0.15) is 0 Å². The van der Waals surface area contributed by atoms with E-state index in [9.17, 15) is 36.2 Å². The van der Waals surface area contributed by atoms with E-state index in [1.807, 2.05) is 12.1 Å². The van der Waals surface area contributed by atoms with Crippen molar-refractivity contribution < 1.29 is 36.2 Å².